The maximum atomic E-state index is 13.1. The fourth-order valence-corrected chi connectivity index (χ4v) is 4.75. The first kappa shape index (κ1) is 21.2. The number of fused-ring (bicyclic) bond motifs is 2. The van der Waals surface area contributed by atoms with Gasteiger partial charge in [-0.25, -0.2) is 4.98 Å². The lowest BCUT2D eigenvalue weighted by Crippen LogP contribution is -2.47. The number of amides is 2. The maximum Gasteiger partial charge on any atom is 0.305 e. The average molecular weight is 442 g/mol. The zero-order valence-corrected chi connectivity index (χ0v) is 18.3. The SMILES string of the molecule is N[C@@H]1CCCC(C(=O)NNC(=O)c2nc3ccccc3n2Cc2cccc3ccccc23)C1. The van der Waals surface area contributed by atoms with E-state index in [1.165, 1.54) is 0 Å². The van der Waals surface area contributed by atoms with Gasteiger partial charge in [0.15, 0.2) is 0 Å². The Morgan fingerprint density at radius 3 is 2.64 bits per heavy atom. The number of hydrogen-bond acceptors (Lipinski definition) is 4. The third-order valence-corrected chi connectivity index (χ3v) is 6.45. The van der Waals surface area contributed by atoms with Gasteiger partial charge in [-0.1, -0.05) is 61.0 Å². The molecule has 33 heavy (non-hydrogen) atoms. The Hall–Kier alpha value is -3.71. The van der Waals surface area contributed by atoms with Crippen molar-refractivity contribution in [3.05, 3.63) is 78.1 Å². The predicted octanol–water partition coefficient (Wildman–Crippen LogP) is 3.52. The Kier molecular flexibility index (Phi) is 5.79. The number of carbonyl (C=O) groups excluding carboxylic acids is 2. The predicted molar refractivity (Wildman–Crippen MR) is 128 cm³/mol. The monoisotopic (exact) mass is 441 g/mol. The summed E-state index contributed by atoms with van der Waals surface area (Å²) in [6.45, 7) is 0.482. The fraction of sp³-hybridized carbons (Fsp3) is 0.269. The molecule has 168 valence electrons. The van der Waals surface area contributed by atoms with Crippen molar-refractivity contribution >= 4 is 33.6 Å². The Morgan fingerprint density at radius 1 is 0.970 bits per heavy atom. The summed E-state index contributed by atoms with van der Waals surface area (Å²) in [5.74, 6) is -0.566. The normalized spacial score (nSPS) is 18.3. The number of aromatic nitrogens is 2. The first-order valence-electron chi connectivity index (χ1n) is 11.4. The maximum absolute atomic E-state index is 13.1. The van der Waals surface area contributed by atoms with Crippen LogP contribution in [0.25, 0.3) is 21.8 Å². The molecular formula is C26H27N5O2. The molecule has 1 heterocycles. The molecule has 1 aliphatic carbocycles. The van der Waals surface area contributed by atoms with Crippen LogP contribution in [0.2, 0.25) is 0 Å². The van der Waals surface area contributed by atoms with Crippen LogP contribution in [0.15, 0.2) is 66.7 Å². The minimum absolute atomic E-state index is 0.0371. The summed E-state index contributed by atoms with van der Waals surface area (Å²) in [6.07, 6.45) is 3.29. The highest BCUT2D eigenvalue weighted by atomic mass is 16.2. The molecule has 1 fully saturated rings. The summed E-state index contributed by atoms with van der Waals surface area (Å²) >= 11 is 0. The van der Waals surface area contributed by atoms with E-state index in [0.29, 0.717) is 13.0 Å². The van der Waals surface area contributed by atoms with Crippen LogP contribution in [0.4, 0.5) is 0 Å². The number of benzene rings is 3. The highest BCUT2D eigenvalue weighted by Crippen LogP contribution is 2.24. The van der Waals surface area contributed by atoms with E-state index >= 15 is 0 Å². The molecule has 7 nitrogen and oxygen atoms in total. The average Bonchev–Trinajstić information content (AvgIpc) is 3.21. The van der Waals surface area contributed by atoms with Gasteiger partial charge in [0.05, 0.1) is 17.6 Å². The molecule has 0 spiro atoms. The number of carbonyl (C=O) groups is 2. The number of imidazole rings is 1. The summed E-state index contributed by atoms with van der Waals surface area (Å²) in [5.41, 5.74) is 13.8. The summed E-state index contributed by atoms with van der Waals surface area (Å²) in [6, 6.07) is 22.0. The minimum Gasteiger partial charge on any atom is -0.328 e. The second kappa shape index (κ2) is 9.03. The van der Waals surface area contributed by atoms with Gasteiger partial charge in [-0.05, 0) is 47.7 Å². The summed E-state index contributed by atoms with van der Waals surface area (Å²) in [4.78, 5) is 30.2. The molecule has 5 rings (SSSR count). The molecule has 1 saturated carbocycles. The number of nitrogens with two attached hydrogens (primary N) is 1. The van der Waals surface area contributed by atoms with Gasteiger partial charge in [0.25, 0.3) is 0 Å². The van der Waals surface area contributed by atoms with E-state index in [2.05, 4.69) is 40.1 Å². The standard InChI is InChI=1S/C26H27N5O2/c27-20-11-6-9-18(15-20)25(32)29-30-26(33)24-28-22-13-3-4-14-23(22)31(24)16-19-10-5-8-17-7-1-2-12-21(17)19/h1-5,7-8,10,12-14,18,20H,6,9,11,15-16,27H2,(H,29,32)(H,30,33)/t18?,20-/m1/s1. The van der Waals surface area contributed by atoms with Crippen molar-refractivity contribution in [3.8, 4) is 0 Å². The first-order chi connectivity index (χ1) is 16.1. The third kappa shape index (κ3) is 4.32. The molecule has 2 atom stereocenters. The van der Waals surface area contributed by atoms with Crippen molar-refractivity contribution in [1.29, 1.82) is 0 Å². The summed E-state index contributed by atoms with van der Waals surface area (Å²) in [5, 5.41) is 2.27. The minimum atomic E-state index is -0.445. The van der Waals surface area contributed by atoms with Gasteiger partial charge in [0.1, 0.15) is 0 Å². The second-order valence-electron chi connectivity index (χ2n) is 8.72. The molecule has 1 aliphatic rings. The van der Waals surface area contributed by atoms with Gasteiger partial charge in [-0.2, -0.15) is 0 Å². The number of nitrogens with zero attached hydrogens (tertiary/aromatic N) is 2. The molecule has 7 heteroatoms. The Labute approximate surface area is 192 Å². The first-order valence-corrected chi connectivity index (χ1v) is 11.4. The van der Waals surface area contributed by atoms with Gasteiger partial charge in [-0.15, -0.1) is 0 Å². The van der Waals surface area contributed by atoms with E-state index in [-0.39, 0.29) is 23.7 Å². The number of hydrogen-bond donors (Lipinski definition) is 3. The highest BCUT2D eigenvalue weighted by Gasteiger charge is 2.26. The van der Waals surface area contributed by atoms with E-state index in [1.54, 1.807) is 0 Å². The zero-order chi connectivity index (χ0) is 22.8. The largest absolute Gasteiger partial charge is 0.328 e. The van der Waals surface area contributed by atoms with E-state index in [1.807, 2.05) is 47.0 Å². The number of hydrazine groups is 1. The second-order valence-corrected chi connectivity index (χ2v) is 8.72. The highest BCUT2D eigenvalue weighted by molar-refractivity contribution is 5.96. The molecule has 0 aliphatic heterocycles. The Balaban J connectivity index is 1.42. The lowest BCUT2D eigenvalue weighted by atomic mass is 9.86. The van der Waals surface area contributed by atoms with Crippen molar-refractivity contribution in [3.63, 3.8) is 0 Å². The molecule has 2 amide bonds. The molecular weight excluding hydrogens is 414 g/mol. The summed E-state index contributed by atoms with van der Waals surface area (Å²) in [7, 11) is 0. The molecule has 1 aromatic heterocycles. The number of nitrogens with one attached hydrogen (secondary N) is 2. The molecule has 1 unspecified atom stereocenters. The van der Waals surface area contributed by atoms with Crippen LogP contribution in [-0.2, 0) is 11.3 Å². The molecule has 4 N–H and O–H groups in total. The van der Waals surface area contributed by atoms with Crippen LogP contribution in [-0.4, -0.2) is 27.4 Å². The van der Waals surface area contributed by atoms with E-state index in [9.17, 15) is 9.59 Å². The van der Waals surface area contributed by atoms with Crippen LogP contribution in [0.3, 0.4) is 0 Å². The van der Waals surface area contributed by atoms with Crippen LogP contribution in [0.5, 0.6) is 0 Å². The van der Waals surface area contributed by atoms with Gasteiger partial charge < -0.3 is 10.3 Å². The Morgan fingerprint density at radius 2 is 1.76 bits per heavy atom. The van der Waals surface area contributed by atoms with E-state index < -0.39 is 5.91 Å². The van der Waals surface area contributed by atoms with Gasteiger partial charge in [0.2, 0.25) is 11.7 Å². The van der Waals surface area contributed by atoms with Crippen molar-refractivity contribution < 1.29 is 9.59 Å². The fourth-order valence-electron chi connectivity index (χ4n) is 4.75. The number of para-hydroxylation sites is 2. The molecule has 0 saturated heterocycles. The van der Waals surface area contributed by atoms with E-state index in [4.69, 9.17) is 5.73 Å². The van der Waals surface area contributed by atoms with Crippen molar-refractivity contribution in [2.45, 2.75) is 38.3 Å². The van der Waals surface area contributed by atoms with Crippen molar-refractivity contribution in [1.82, 2.24) is 20.4 Å². The van der Waals surface area contributed by atoms with Gasteiger partial charge >= 0.3 is 5.91 Å². The zero-order valence-electron chi connectivity index (χ0n) is 18.3. The topological polar surface area (TPSA) is 102 Å². The van der Waals surface area contributed by atoms with Gasteiger partial charge in [-0.3, -0.25) is 20.4 Å². The van der Waals surface area contributed by atoms with Crippen LogP contribution < -0.4 is 16.6 Å². The van der Waals surface area contributed by atoms with E-state index in [0.717, 1.165) is 46.6 Å². The molecule has 3 aromatic carbocycles. The molecule has 0 radical (unpaired) electrons. The quantitative estimate of drug-likeness (QED) is 0.422. The molecule has 0 bridgehead atoms. The van der Waals surface area contributed by atoms with Crippen LogP contribution >= 0.6 is 0 Å². The lowest BCUT2D eigenvalue weighted by molar-refractivity contribution is -0.126. The summed E-state index contributed by atoms with van der Waals surface area (Å²) < 4.78 is 1.90. The Bertz CT molecular complexity index is 1320. The van der Waals surface area contributed by atoms with Crippen LogP contribution in [0.1, 0.15) is 41.9 Å². The number of rotatable bonds is 4. The lowest BCUT2D eigenvalue weighted by Gasteiger charge is -2.25. The third-order valence-electron chi connectivity index (χ3n) is 6.45. The molecule has 4 aromatic rings. The smallest absolute Gasteiger partial charge is 0.305 e. The van der Waals surface area contributed by atoms with Crippen molar-refractivity contribution in [2.24, 2.45) is 11.7 Å². The van der Waals surface area contributed by atoms with Gasteiger partial charge in [0, 0.05) is 12.0 Å². The van der Waals surface area contributed by atoms with Crippen LogP contribution in [0, 0.1) is 5.92 Å². The van der Waals surface area contributed by atoms with Crippen molar-refractivity contribution in [2.75, 3.05) is 0 Å².